The fourth-order valence-corrected chi connectivity index (χ4v) is 5.50. The standard InChI is InChI=1S/C31H44N2/c1-4-7-9-13-25-16-18-26(19-17-25)24-32-33-31(29-14-10-8-11-15-29)30-22-20-28(21-23-30)27(6-3)12-5-2/h8,10-11,14-19,24,27-28,30H,4-7,9,12-13,20-23H2,1-3H3. The van der Waals surface area contributed by atoms with Crippen molar-refractivity contribution >= 4 is 11.9 Å². The van der Waals surface area contributed by atoms with Crippen LogP contribution in [0, 0.1) is 17.8 Å². The SMILES string of the molecule is CCCCCc1ccc(C=NN=C(c2ccccc2)C2CCC(C(CC)CCC)CC2)cc1. The van der Waals surface area contributed by atoms with Crippen LogP contribution < -0.4 is 0 Å². The summed E-state index contributed by atoms with van der Waals surface area (Å²) in [4.78, 5) is 0. The summed E-state index contributed by atoms with van der Waals surface area (Å²) >= 11 is 0. The summed E-state index contributed by atoms with van der Waals surface area (Å²) < 4.78 is 0. The Morgan fingerprint density at radius 3 is 2.24 bits per heavy atom. The van der Waals surface area contributed by atoms with Crippen LogP contribution in [0.2, 0.25) is 0 Å². The lowest BCUT2D eigenvalue weighted by Gasteiger charge is -2.34. The normalized spacial score (nSPS) is 20.3. The third kappa shape index (κ3) is 7.95. The molecular weight excluding hydrogens is 400 g/mol. The Balaban J connectivity index is 1.68. The number of benzene rings is 2. The molecule has 0 amide bonds. The van der Waals surface area contributed by atoms with E-state index in [0.29, 0.717) is 5.92 Å². The van der Waals surface area contributed by atoms with Crippen LogP contribution >= 0.6 is 0 Å². The fourth-order valence-electron chi connectivity index (χ4n) is 5.50. The van der Waals surface area contributed by atoms with E-state index in [1.54, 1.807) is 0 Å². The first kappa shape index (κ1) is 25.4. The molecule has 0 saturated heterocycles. The van der Waals surface area contributed by atoms with Crippen LogP contribution in [-0.2, 0) is 6.42 Å². The van der Waals surface area contributed by atoms with Crippen LogP contribution in [0.4, 0.5) is 0 Å². The van der Waals surface area contributed by atoms with Gasteiger partial charge in [0.1, 0.15) is 0 Å². The number of hydrogen-bond donors (Lipinski definition) is 0. The molecule has 1 aliphatic carbocycles. The highest BCUT2D eigenvalue weighted by Crippen LogP contribution is 2.38. The molecule has 0 N–H and O–H groups in total. The molecule has 0 aliphatic heterocycles. The maximum atomic E-state index is 4.81. The molecule has 0 spiro atoms. The van der Waals surface area contributed by atoms with E-state index in [2.05, 4.69) is 80.5 Å². The Kier molecular flexibility index (Phi) is 10.9. The molecule has 1 saturated carbocycles. The van der Waals surface area contributed by atoms with Gasteiger partial charge in [-0.05, 0) is 67.1 Å². The first-order valence-corrected chi connectivity index (χ1v) is 13.5. The minimum atomic E-state index is 0.515. The zero-order valence-corrected chi connectivity index (χ0v) is 21.2. The highest BCUT2D eigenvalue weighted by Gasteiger charge is 2.29. The van der Waals surface area contributed by atoms with Crippen LogP contribution in [0.25, 0.3) is 0 Å². The maximum absolute atomic E-state index is 4.81. The van der Waals surface area contributed by atoms with Gasteiger partial charge in [0.05, 0.1) is 11.9 Å². The van der Waals surface area contributed by atoms with E-state index in [-0.39, 0.29) is 0 Å². The number of rotatable bonds is 12. The molecule has 2 aromatic carbocycles. The Morgan fingerprint density at radius 2 is 1.61 bits per heavy atom. The molecule has 3 rings (SSSR count). The minimum Gasteiger partial charge on any atom is -0.158 e. The van der Waals surface area contributed by atoms with E-state index < -0.39 is 0 Å². The molecule has 0 radical (unpaired) electrons. The van der Waals surface area contributed by atoms with Gasteiger partial charge in [0.2, 0.25) is 0 Å². The van der Waals surface area contributed by atoms with Gasteiger partial charge >= 0.3 is 0 Å². The van der Waals surface area contributed by atoms with Crippen molar-refractivity contribution in [3.8, 4) is 0 Å². The first-order chi connectivity index (χ1) is 16.2. The summed E-state index contributed by atoms with van der Waals surface area (Å²) in [6, 6.07) is 19.5. The minimum absolute atomic E-state index is 0.515. The van der Waals surface area contributed by atoms with E-state index in [1.165, 1.54) is 87.5 Å². The largest absolute Gasteiger partial charge is 0.158 e. The first-order valence-electron chi connectivity index (χ1n) is 13.5. The van der Waals surface area contributed by atoms with Crippen LogP contribution in [0.1, 0.15) is 102 Å². The van der Waals surface area contributed by atoms with E-state index in [9.17, 15) is 0 Å². The van der Waals surface area contributed by atoms with E-state index in [1.807, 2.05) is 6.21 Å². The lowest BCUT2D eigenvalue weighted by Crippen LogP contribution is -2.26. The Morgan fingerprint density at radius 1 is 0.879 bits per heavy atom. The van der Waals surface area contributed by atoms with Crippen molar-refractivity contribution in [2.75, 3.05) is 0 Å². The van der Waals surface area contributed by atoms with Gasteiger partial charge < -0.3 is 0 Å². The van der Waals surface area contributed by atoms with E-state index in [0.717, 1.165) is 17.4 Å². The van der Waals surface area contributed by atoms with Gasteiger partial charge in [0, 0.05) is 5.92 Å². The van der Waals surface area contributed by atoms with Gasteiger partial charge in [0.15, 0.2) is 0 Å². The van der Waals surface area contributed by atoms with Crippen molar-refractivity contribution < 1.29 is 0 Å². The number of unbranched alkanes of at least 4 members (excludes halogenated alkanes) is 2. The van der Waals surface area contributed by atoms with Gasteiger partial charge in [0.25, 0.3) is 0 Å². The third-order valence-corrected chi connectivity index (χ3v) is 7.50. The molecule has 0 aromatic heterocycles. The molecule has 33 heavy (non-hydrogen) atoms. The number of hydrogen-bond acceptors (Lipinski definition) is 2. The third-order valence-electron chi connectivity index (χ3n) is 7.50. The monoisotopic (exact) mass is 444 g/mol. The number of aryl methyl sites for hydroxylation is 1. The van der Waals surface area contributed by atoms with E-state index >= 15 is 0 Å². The molecule has 2 heteroatoms. The Labute approximate surface area is 202 Å². The van der Waals surface area contributed by atoms with Crippen molar-refractivity contribution in [3.63, 3.8) is 0 Å². The molecule has 178 valence electrons. The summed E-state index contributed by atoms with van der Waals surface area (Å²) in [7, 11) is 0. The topological polar surface area (TPSA) is 24.7 Å². The molecule has 1 unspecified atom stereocenters. The predicted octanol–water partition coefficient (Wildman–Crippen LogP) is 8.88. The van der Waals surface area contributed by atoms with Gasteiger partial charge in [-0.3, -0.25) is 0 Å². The van der Waals surface area contributed by atoms with Crippen LogP contribution in [0.15, 0.2) is 64.8 Å². The predicted molar refractivity (Wildman–Crippen MR) is 144 cm³/mol. The molecule has 0 heterocycles. The van der Waals surface area contributed by atoms with Crippen molar-refractivity contribution in [1.82, 2.24) is 0 Å². The lowest BCUT2D eigenvalue weighted by molar-refractivity contribution is 0.212. The second-order valence-corrected chi connectivity index (χ2v) is 9.86. The average Bonchev–Trinajstić information content (AvgIpc) is 2.87. The number of nitrogens with zero attached hydrogens (tertiary/aromatic N) is 2. The summed E-state index contributed by atoms with van der Waals surface area (Å²) in [6.07, 6.45) is 16.1. The summed E-state index contributed by atoms with van der Waals surface area (Å²) in [5.74, 6) is 2.31. The molecule has 1 aliphatic rings. The molecular formula is C31H44N2. The van der Waals surface area contributed by atoms with Crippen molar-refractivity contribution in [2.45, 2.75) is 91.4 Å². The molecule has 0 bridgehead atoms. The van der Waals surface area contributed by atoms with Crippen molar-refractivity contribution in [3.05, 3.63) is 71.3 Å². The smallest absolute Gasteiger partial charge is 0.0733 e. The second-order valence-electron chi connectivity index (χ2n) is 9.86. The van der Waals surface area contributed by atoms with Gasteiger partial charge in [-0.1, -0.05) is 107 Å². The highest BCUT2D eigenvalue weighted by atomic mass is 15.2. The summed E-state index contributed by atoms with van der Waals surface area (Å²) in [6.45, 7) is 6.95. The Bertz CT molecular complexity index is 842. The van der Waals surface area contributed by atoms with Crippen LogP contribution in [0.3, 0.4) is 0 Å². The maximum Gasteiger partial charge on any atom is 0.0733 e. The van der Waals surface area contributed by atoms with Crippen LogP contribution in [0.5, 0.6) is 0 Å². The van der Waals surface area contributed by atoms with Gasteiger partial charge in [-0.2, -0.15) is 10.2 Å². The molecule has 2 nitrogen and oxygen atoms in total. The lowest BCUT2D eigenvalue weighted by atomic mass is 9.72. The molecule has 2 aromatic rings. The average molecular weight is 445 g/mol. The summed E-state index contributed by atoms with van der Waals surface area (Å²) in [5, 5.41) is 9.37. The second kappa shape index (κ2) is 14.1. The van der Waals surface area contributed by atoms with E-state index in [4.69, 9.17) is 5.10 Å². The molecule has 1 fully saturated rings. The molecule has 1 atom stereocenters. The van der Waals surface area contributed by atoms with Crippen LogP contribution in [-0.4, -0.2) is 11.9 Å². The zero-order chi connectivity index (χ0) is 23.3. The van der Waals surface area contributed by atoms with Crippen molar-refractivity contribution in [2.24, 2.45) is 28.0 Å². The Hall–Kier alpha value is -2.22. The summed E-state index contributed by atoms with van der Waals surface area (Å²) in [5.41, 5.74) is 4.94. The van der Waals surface area contributed by atoms with Gasteiger partial charge in [-0.15, -0.1) is 0 Å². The van der Waals surface area contributed by atoms with Gasteiger partial charge in [-0.25, -0.2) is 0 Å². The van der Waals surface area contributed by atoms with Crippen molar-refractivity contribution in [1.29, 1.82) is 0 Å². The highest BCUT2D eigenvalue weighted by molar-refractivity contribution is 6.02. The fraction of sp³-hybridized carbons (Fsp3) is 0.548. The quantitative estimate of drug-likeness (QED) is 0.177. The zero-order valence-electron chi connectivity index (χ0n) is 21.2.